The third kappa shape index (κ3) is 2.15. The van der Waals surface area contributed by atoms with Gasteiger partial charge in [0.1, 0.15) is 16.5 Å². The Hall–Kier alpha value is -2.08. The molecular formula is C12H9ClFN5. The van der Waals surface area contributed by atoms with Crippen LogP contribution in [0.25, 0.3) is 11.2 Å². The Labute approximate surface area is 113 Å². The molecule has 0 aliphatic rings. The molecule has 0 aliphatic carbocycles. The summed E-state index contributed by atoms with van der Waals surface area (Å²) < 4.78 is 14.5. The van der Waals surface area contributed by atoms with Crippen molar-refractivity contribution in [2.75, 3.05) is 0 Å². The van der Waals surface area contributed by atoms with Gasteiger partial charge < -0.3 is 0 Å². The van der Waals surface area contributed by atoms with E-state index in [1.165, 1.54) is 18.5 Å². The average Bonchev–Trinajstić information content (AvgIpc) is 2.81. The quantitative estimate of drug-likeness (QED) is 0.722. The van der Waals surface area contributed by atoms with Gasteiger partial charge in [0, 0.05) is 0 Å². The average molecular weight is 278 g/mol. The summed E-state index contributed by atoms with van der Waals surface area (Å²) in [5.74, 6) is -0.371. The van der Waals surface area contributed by atoms with Gasteiger partial charge in [-0.05, 0) is 19.1 Å². The Morgan fingerprint density at radius 2 is 2.05 bits per heavy atom. The van der Waals surface area contributed by atoms with Crippen molar-refractivity contribution in [2.24, 2.45) is 0 Å². The van der Waals surface area contributed by atoms with E-state index in [1.807, 2.05) is 6.92 Å². The Bertz CT molecular complexity index is 725. The van der Waals surface area contributed by atoms with Crippen LogP contribution >= 0.6 is 11.6 Å². The normalized spacial score (nSPS) is 12.8. The fourth-order valence-corrected chi connectivity index (χ4v) is 1.97. The van der Waals surface area contributed by atoms with E-state index in [0.717, 1.165) is 0 Å². The number of rotatable bonds is 2. The van der Waals surface area contributed by atoms with E-state index in [0.29, 0.717) is 22.0 Å². The summed E-state index contributed by atoms with van der Waals surface area (Å²) in [6.45, 7) is 1.90. The summed E-state index contributed by atoms with van der Waals surface area (Å²) in [7, 11) is 0. The van der Waals surface area contributed by atoms with Gasteiger partial charge >= 0.3 is 0 Å². The Kier molecular flexibility index (Phi) is 2.87. The van der Waals surface area contributed by atoms with Gasteiger partial charge in [-0.15, -0.1) is 0 Å². The summed E-state index contributed by atoms with van der Waals surface area (Å²) in [5, 5.41) is 4.53. The molecule has 0 radical (unpaired) electrons. The van der Waals surface area contributed by atoms with Crippen LogP contribution in [0.15, 0.2) is 30.7 Å². The zero-order valence-electron chi connectivity index (χ0n) is 9.96. The maximum atomic E-state index is 12.9. The maximum absolute atomic E-state index is 12.9. The largest absolute Gasteiger partial charge is 0.256 e. The van der Waals surface area contributed by atoms with Crippen LogP contribution in [0.5, 0.6) is 0 Å². The van der Waals surface area contributed by atoms with Crippen LogP contribution in [0.1, 0.15) is 18.7 Å². The molecule has 0 N–H and O–H groups in total. The van der Waals surface area contributed by atoms with Crippen LogP contribution < -0.4 is 0 Å². The zero-order valence-corrected chi connectivity index (χ0v) is 10.7. The SMILES string of the molecule is CC(c1ccc(F)cn1)n1ncc2ncc(Cl)nc21. The fraction of sp³-hybridized carbons (Fsp3) is 0.167. The number of hydrogen-bond acceptors (Lipinski definition) is 4. The highest BCUT2D eigenvalue weighted by atomic mass is 35.5. The van der Waals surface area contributed by atoms with Crippen LogP contribution in [0.2, 0.25) is 5.15 Å². The van der Waals surface area contributed by atoms with Crippen LogP contribution in [0, 0.1) is 5.82 Å². The summed E-state index contributed by atoms with van der Waals surface area (Å²) in [5.41, 5.74) is 1.91. The lowest BCUT2D eigenvalue weighted by Crippen LogP contribution is -2.10. The first kappa shape index (κ1) is 12.0. The second kappa shape index (κ2) is 4.55. The maximum Gasteiger partial charge on any atom is 0.178 e. The summed E-state index contributed by atoms with van der Waals surface area (Å²) >= 11 is 5.84. The number of pyridine rings is 1. The van der Waals surface area contributed by atoms with Gasteiger partial charge in [-0.25, -0.2) is 19.0 Å². The van der Waals surface area contributed by atoms with Crippen LogP contribution in [0.3, 0.4) is 0 Å². The van der Waals surface area contributed by atoms with E-state index in [2.05, 4.69) is 20.1 Å². The number of hydrogen-bond donors (Lipinski definition) is 0. The molecule has 0 saturated heterocycles. The standard InChI is InChI=1S/C12H9ClFN5/c1-7(9-3-2-8(14)4-15-9)19-12-10(5-17-19)16-6-11(13)18-12/h2-7H,1H3. The molecular weight excluding hydrogens is 269 g/mol. The Morgan fingerprint density at radius 1 is 1.21 bits per heavy atom. The minimum absolute atomic E-state index is 0.189. The molecule has 0 bridgehead atoms. The molecule has 5 nitrogen and oxygen atoms in total. The molecule has 0 saturated carbocycles. The number of aromatic nitrogens is 5. The highest BCUT2D eigenvalue weighted by Gasteiger charge is 2.15. The summed E-state index contributed by atoms with van der Waals surface area (Å²) in [6.07, 6.45) is 4.26. The molecule has 1 atom stereocenters. The van der Waals surface area contributed by atoms with Crippen molar-refractivity contribution in [3.05, 3.63) is 47.4 Å². The van der Waals surface area contributed by atoms with E-state index in [9.17, 15) is 4.39 Å². The first-order chi connectivity index (χ1) is 9.15. The van der Waals surface area contributed by atoms with Crippen molar-refractivity contribution < 1.29 is 4.39 Å². The van der Waals surface area contributed by atoms with Crippen molar-refractivity contribution in [1.82, 2.24) is 24.7 Å². The third-order valence-electron chi connectivity index (χ3n) is 2.82. The van der Waals surface area contributed by atoms with Crippen molar-refractivity contribution in [2.45, 2.75) is 13.0 Å². The number of halogens is 2. The lowest BCUT2D eigenvalue weighted by atomic mass is 10.2. The van der Waals surface area contributed by atoms with Crippen molar-refractivity contribution >= 4 is 22.8 Å². The number of nitrogens with zero attached hydrogens (tertiary/aromatic N) is 5. The lowest BCUT2D eigenvalue weighted by molar-refractivity contribution is 0.557. The molecule has 3 rings (SSSR count). The van der Waals surface area contributed by atoms with Gasteiger partial charge in [-0.2, -0.15) is 5.10 Å². The predicted molar refractivity (Wildman–Crippen MR) is 68.3 cm³/mol. The van der Waals surface area contributed by atoms with Gasteiger partial charge in [-0.3, -0.25) is 4.98 Å². The Morgan fingerprint density at radius 3 is 2.79 bits per heavy atom. The molecule has 7 heteroatoms. The monoisotopic (exact) mass is 277 g/mol. The first-order valence-corrected chi connectivity index (χ1v) is 6.00. The molecule has 0 spiro atoms. The van der Waals surface area contributed by atoms with E-state index in [1.54, 1.807) is 16.9 Å². The summed E-state index contributed by atoms with van der Waals surface area (Å²) in [4.78, 5) is 12.4. The molecule has 0 fully saturated rings. The summed E-state index contributed by atoms with van der Waals surface area (Å²) in [6, 6.07) is 2.79. The zero-order chi connectivity index (χ0) is 13.4. The molecule has 3 heterocycles. The lowest BCUT2D eigenvalue weighted by Gasteiger charge is -2.12. The molecule has 19 heavy (non-hydrogen) atoms. The number of fused-ring (bicyclic) bond motifs is 1. The predicted octanol–water partition coefficient (Wildman–Crippen LogP) is 2.62. The highest BCUT2D eigenvalue weighted by molar-refractivity contribution is 6.29. The van der Waals surface area contributed by atoms with Crippen LogP contribution in [-0.4, -0.2) is 24.7 Å². The van der Waals surface area contributed by atoms with Gasteiger partial charge in [0.2, 0.25) is 0 Å². The molecule has 3 aromatic rings. The van der Waals surface area contributed by atoms with Gasteiger partial charge in [0.05, 0.1) is 30.3 Å². The Balaban J connectivity index is 2.08. The minimum atomic E-state index is -0.371. The van der Waals surface area contributed by atoms with Crippen molar-refractivity contribution in [3.8, 4) is 0 Å². The van der Waals surface area contributed by atoms with Crippen LogP contribution in [-0.2, 0) is 0 Å². The van der Waals surface area contributed by atoms with Crippen LogP contribution in [0.4, 0.5) is 4.39 Å². The van der Waals surface area contributed by atoms with Gasteiger partial charge in [-0.1, -0.05) is 11.6 Å². The molecule has 96 valence electrons. The second-order valence-electron chi connectivity index (χ2n) is 4.07. The van der Waals surface area contributed by atoms with Gasteiger partial charge in [0.25, 0.3) is 0 Å². The fourth-order valence-electron chi connectivity index (χ4n) is 1.84. The molecule has 0 aromatic carbocycles. The molecule has 0 amide bonds. The molecule has 1 unspecified atom stereocenters. The molecule has 3 aromatic heterocycles. The topological polar surface area (TPSA) is 56.5 Å². The van der Waals surface area contributed by atoms with E-state index >= 15 is 0 Å². The second-order valence-corrected chi connectivity index (χ2v) is 4.46. The third-order valence-corrected chi connectivity index (χ3v) is 3.00. The van der Waals surface area contributed by atoms with Gasteiger partial charge in [0.15, 0.2) is 5.65 Å². The highest BCUT2D eigenvalue weighted by Crippen LogP contribution is 2.20. The van der Waals surface area contributed by atoms with E-state index in [-0.39, 0.29) is 11.9 Å². The van der Waals surface area contributed by atoms with E-state index in [4.69, 9.17) is 11.6 Å². The first-order valence-electron chi connectivity index (χ1n) is 5.62. The van der Waals surface area contributed by atoms with Crippen molar-refractivity contribution in [3.63, 3.8) is 0 Å². The minimum Gasteiger partial charge on any atom is -0.256 e. The molecule has 0 aliphatic heterocycles. The smallest absolute Gasteiger partial charge is 0.178 e. The van der Waals surface area contributed by atoms with E-state index < -0.39 is 0 Å². The van der Waals surface area contributed by atoms with Crippen molar-refractivity contribution in [1.29, 1.82) is 0 Å².